The molecule has 5 heteroatoms. The Labute approximate surface area is 98.2 Å². The van der Waals surface area contributed by atoms with Gasteiger partial charge in [0.15, 0.2) is 0 Å². The number of carbonyl (C=O) groups is 1. The molecule has 1 aromatic carbocycles. The Hall–Kier alpha value is -1.49. The van der Waals surface area contributed by atoms with Gasteiger partial charge in [-0.15, -0.1) is 0 Å². The van der Waals surface area contributed by atoms with Gasteiger partial charge in [-0.05, 0) is 5.56 Å². The Morgan fingerprint density at radius 1 is 1.41 bits per heavy atom. The lowest BCUT2D eigenvalue weighted by Crippen LogP contribution is -2.16. The third kappa shape index (κ3) is 3.49. The van der Waals surface area contributed by atoms with Crippen molar-refractivity contribution in [1.82, 2.24) is 0 Å². The van der Waals surface area contributed by atoms with E-state index in [0.29, 0.717) is 5.56 Å². The van der Waals surface area contributed by atoms with E-state index in [9.17, 15) is 13.6 Å². The van der Waals surface area contributed by atoms with Crippen LogP contribution in [-0.2, 0) is 10.7 Å². The molecule has 3 N–H and O–H groups in total. The molecule has 0 fully saturated rings. The Kier molecular flexibility index (Phi) is 4.17. The Morgan fingerprint density at radius 3 is 2.35 bits per heavy atom. The summed E-state index contributed by atoms with van der Waals surface area (Å²) in [6.45, 7) is 1.41. The van der Waals surface area contributed by atoms with Crippen LogP contribution in [0.4, 0.5) is 8.78 Å². The largest absolute Gasteiger partial charge is 0.481 e. The predicted molar refractivity (Wildman–Crippen MR) is 59.8 cm³/mol. The maximum absolute atomic E-state index is 13.3. The zero-order valence-corrected chi connectivity index (χ0v) is 9.49. The van der Waals surface area contributed by atoms with Crippen LogP contribution in [0.2, 0.25) is 0 Å². The molecule has 1 atom stereocenters. The number of aliphatic carboxylic acids is 1. The molecular formula is C12H15F2NO2. The molecule has 1 unspecified atom stereocenters. The minimum atomic E-state index is -2.85. The molecule has 0 aliphatic rings. The van der Waals surface area contributed by atoms with Crippen LogP contribution in [0.25, 0.3) is 0 Å². The number of hydrogen-bond acceptors (Lipinski definition) is 2. The number of carboxylic acids is 1. The molecule has 0 aliphatic carbocycles. The van der Waals surface area contributed by atoms with E-state index in [1.807, 2.05) is 0 Å². The quantitative estimate of drug-likeness (QED) is 0.835. The average Bonchev–Trinajstić information content (AvgIpc) is 2.28. The number of nitrogens with two attached hydrogens (primary N) is 1. The second-order valence-electron chi connectivity index (χ2n) is 3.88. The van der Waals surface area contributed by atoms with Gasteiger partial charge in [-0.2, -0.15) is 0 Å². The summed E-state index contributed by atoms with van der Waals surface area (Å²) in [7, 11) is 0. The van der Waals surface area contributed by atoms with Crippen molar-refractivity contribution in [2.75, 3.05) is 0 Å². The number of rotatable bonds is 5. The van der Waals surface area contributed by atoms with Crippen LogP contribution in [0.1, 0.15) is 36.9 Å². The minimum Gasteiger partial charge on any atom is -0.481 e. The summed E-state index contributed by atoms with van der Waals surface area (Å²) in [5, 5.41) is 8.57. The lowest BCUT2D eigenvalue weighted by atomic mass is 10.00. The van der Waals surface area contributed by atoms with Crippen molar-refractivity contribution in [3.05, 3.63) is 35.4 Å². The van der Waals surface area contributed by atoms with E-state index in [-0.39, 0.29) is 18.4 Å². The molecule has 1 rings (SSSR count). The maximum Gasteiger partial charge on any atom is 0.305 e. The lowest BCUT2D eigenvalue weighted by molar-refractivity contribution is -0.137. The zero-order valence-electron chi connectivity index (χ0n) is 9.49. The van der Waals surface area contributed by atoms with E-state index >= 15 is 0 Å². The third-order valence-corrected chi connectivity index (χ3v) is 2.60. The fourth-order valence-electron chi connectivity index (χ4n) is 1.48. The van der Waals surface area contributed by atoms with E-state index < -0.39 is 17.9 Å². The summed E-state index contributed by atoms with van der Waals surface area (Å²) in [6, 6.07) is 4.82. The van der Waals surface area contributed by atoms with Crippen LogP contribution in [-0.4, -0.2) is 11.1 Å². The first-order valence-electron chi connectivity index (χ1n) is 5.32. The van der Waals surface area contributed by atoms with Gasteiger partial charge in [0.2, 0.25) is 0 Å². The van der Waals surface area contributed by atoms with Crippen molar-refractivity contribution in [2.24, 2.45) is 5.73 Å². The van der Waals surface area contributed by atoms with E-state index in [4.69, 9.17) is 10.8 Å². The molecule has 0 radical (unpaired) electrons. The van der Waals surface area contributed by atoms with Gasteiger partial charge in [0, 0.05) is 18.0 Å². The summed E-state index contributed by atoms with van der Waals surface area (Å²) in [5.41, 5.74) is 6.09. The highest BCUT2D eigenvalue weighted by Crippen LogP contribution is 2.31. The summed E-state index contributed by atoms with van der Waals surface area (Å²) < 4.78 is 26.6. The van der Waals surface area contributed by atoms with Crippen molar-refractivity contribution in [3.63, 3.8) is 0 Å². The van der Waals surface area contributed by atoms with E-state index in [2.05, 4.69) is 0 Å². The highest BCUT2D eigenvalue weighted by Gasteiger charge is 2.28. The highest BCUT2D eigenvalue weighted by molar-refractivity contribution is 5.67. The Balaban J connectivity index is 2.84. The molecule has 0 aromatic heterocycles. The summed E-state index contributed by atoms with van der Waals surface area (Å²) in [5.74, 6) is -3.87. The molecule has 0 saturated heterocycles. The fraction of sp³-hybridized carbons (Fsp3) is 0.417. The van der Waals surface area contributed by atoms with Crippen LogP contribution >= 0.6 is 0 Å². The second-order valence-corrected chi connectivity index (χ2v) is 3.88. The van der Waals surface area contributed by atoms with Gasteiger partial charge < -0.3 is 10.8 Å². The van der Waals surface area contributed by atoms with Crippen LogP contribution in [0.5, 0.6) is 0 Å². The molecule has 0 heterocycles. The number of hydrogen-bond donors (Lipinski definition) is 2. The van der Waals surface area contributed by atoms with Gasteiger partial charge in [0.05, 0.1) is 6.42 Å². The molecule has 3 nitrogen and oxygen atoms in total. The first-order chi connectivity index (χ1) is 7.86. The molecule has 94 valence electrons. The SMILES string of the molecule is CCC(F)(F)c1ccc(C(N)CC(=O)O)cc1. The van der Waals surface area contributed by atoms with E-state index in [1.165, 1.54) is 31.2 Å². The zero-order chi connectivity index (χ0) is 13.1. The normalized spacial score (nSPS) is 13.4. The molecule has 0 bridgehead atoms. The molecule has 1 aromatic rings. The number of benzene rings is 1. The third-order valence-electron chi connectivity index (χ3n) is 2.60. The molecule has 0 saturated carbocycles. The Bertz CT molecular complexity index is 390. The summed E-state index contributed by atoms with van der Waals surface area (Å²) in [4.78, 5) is 10.5. The lowest BCUT2D eigenvalue weighted by Gasteiger charge is -2.16. The molecule has 17 heavy (non-hydrogen) atoms. The number of carboxylic acid groups (broad SMARTS) is 1. The van der Waals surface area contributed by atoms with E-state index in [1.54, 1.807) is 0 Å². The van der Waals surface area contributed by atoms with Crippen molar-refractivity contribution in [2.45, 2.75) is 31.7 Å². The van der Waals surface area contributed by atoms with Gasteiger partial charge in [-0.3, -0.25) is 4.79 Å². The van der Waals surface area contributed by atoms with Gasteiger partial charge in [0.25, 0.3) is 5.92 Å². The van der Waals surface area contributed by atoms with Gasteiger partial charge in [0.1, 0.15) is 0 Å². The second kappa shape index (κ2) is 5.23. The van der Waals surface area contributed by atoms with Crippen molar-refractivity contribution in [1.29, 1.82) is 0 Å². The van der Waals surface area contributed by atoms with E-state index in [0.717, 1.165) is 0 Å². The number of alkyl halides is 2. The highest BCUT2D eigenvalue weighted by atomic mass is 19.3. The maximum atomic E-state index is 13.3. The van der Waals surface area contributed by atoms with Gasteiger partial charge in [-0.25, -0.2) is 8.78 Å². The predicted octanol–water partition coefficient (Wildman–Crippen LogP) is 2.66. The first kappa shape index (κ1) is 13.6. The summed E-state index contributed by atoms with van der Waals surface area (Å²) >= 11 is 0. The molecule has 0 amide bonds. The Morgan fingerprint density at radius 2 is 1.94 bits per heavy atom. The minimum absolute atomic E-state index is 0.0775. The van der Waals surface area contributed by atoms with Crippen LogP contribution in [0, 0.1) is 0 Å². The van der Waals surface area contributed by atoms with Gasteiger partial charge >= 0.3 is 5.97 Å². The molecular weight excluding hydrogens is 228 g/mol. The molecule has 0 aliphatic heterocycles. The smallest absolute Gasteiger partial charge is 0.305 e. The standard InChI is InChI=1S/C12H15F2NO2/c1-2-12(13,14)9-5-3-8(4-6-9)10(15)7-11(16)17/h3-6,10H,2,7,15H2,1H3,(H,16,17). The van der Waals surface area contributed by atoms with Crippen molar-refractivity contribution in [3.8, 4) is 0 Å². The number of halogens is 2. The molecule has 0 spiro atoms. The van der Waals surface area contributed by atoms with Crippen molar-refractivity contribution < 1.29 is 18.7 Å². The topological polar surface area (TPSA) is 63.3 Å². The van der Waals surface area contributed by atoms with Crippen LogP contribution < -0.4 is 5.73 Å². The van der Waals surface area contributed by atoms with Crippen LogP contribution in [0.3, 0.4) is 0 Å². The summed E-state index contributed by atoms with van der Waals surface area (Å²) in [6.07, 6.45) is -0.489. The van der Waals surface area contributed by atoms with Crippen molar-refractivity contribution >= 4 is 5.97 Å². The fourth-order valence-corrected chi connectivity index (χ4v) is 1.48. The monoisotopic (exact) mass is 243 g/mol. The van der Waals surface area contributed by atoms with Crippen LogP contribution in [0.15, 0.2) is 24.3 Å². The average molecular weight is 243 g/mol. The van der Waals surface area contributed by atoms with Gasteiger partial charge in [-0.1, -0.05) is 31.2 Å². The first-order valence-corrected chi connectivity index (χ1v) is 5.32.